The van der Waals surface area contributed by atoms with Gasteiger partial charge in [0.25, 0.3) is 0 Å². The second-order valence-electron chi connectivity index (χ2n) is 6.87. The van der Waals surface area contributed by atoms with Gasteiger partial charge >= 0.3 is 6.03 Å². The normalized spacial score (nSPS) is 17.3. The number of ether oxygens (including phenoxy) is 1. The fourth-order valence-electron chi connectivity index (χ4n) is 2.94. The number of carbonyl (C=O) groups excluding carboxylic acids is 1. The van der Waals surface area contributed by atoms with Crippen LogP contribution in [-0.4, -0.2) is 49.8 Å². The maximum absolute atomic E-state index is 11.9. The Morgan fingerprint density at radius 2 is 2.08 bits per heavy atom. The van der Waals surface area contributed by atoms with Crippen LogP contribution in [0.15, 0.2) is 24.3 Å². The third-order valence-electron chi connectivity index (χ3n) is 4.65. The van der Waals surface area contributed by atoms with E-state index in [9.17, 15) is 4.79 Å². The molecular weight excluding hydrogens is 302 g/mol. The maximum Gasteiger partial charge on any atom is 0.314 e. The first-order valence-electron chi connectivity index (χ1n) is 9.00. The van der Waals surface area contributed by atoms with E-state index >= 15 is 0 Å². The van der Waals surface area contributed by atoms with Crippen LogP contribution in [0.5, 0.6) is 5.75 Å². The van der Waals surface area contributed by atoms with Gasteiger partial charge in [-0.15, -0.1) is 0 Å². The SMILES string of the molecule is Cc1cccc(OCCNC(=O)NCC(C)N2CCC(C)CC2)c1. The van der Waals surface area contributed by atoms with Crippen molar-refractivity contribution < 1.29 is 9.53 Å². The number of benzene rings is 1. The molecule has 0 spiro atoms. The molecule has 5 heteroatoms. The number of amides is 2. The van der Waals surface area contributed by atoms with Crippen molar-refractivity contribution in [2.24, 2.45) is 5.92 Å². The standard InChI is InChI=1S/C19H31N3O2/c1-15-7-10-22(11-8-15)17(3)14-21-19(23)20-9-12-24-18-6-4-5-16(2)13-18/h4-6,13,15,17H,7-12,14H2,1-3H3,(H2,20,21,23). The minimum absolute atomic E-state index is 0.125. The topological polar surface area (TPSA) is 53.6 Å². The van der Waals surface area contributed by atoms with Gasteiger partial charge in [-0.1, -0.05) is 19.1 Å². The molecule has 5 nitrogen and oxygen atoms in total. The largest absolute Gasteiger partial charge is 0.492 e. The molecule has 134 valence electrons. The van der Waals surface area contributed by atoms with Crippen LogP contribution in [0.3, 0.4) is 0 Å². The van der Waals surface area contributed by atoms with Crippen molar-refractivity contribution >= 4 is 6.03 Å². The summed E-state index contributed by atoms with van der Waals surface area (Å²) in [5.74, 6) is 1.67. The Morgan fingerprint density at radius 1 is 1.33 bits per heavy atom. The van der Waals surface area contributed by atoms with E-state index in [1.165, 1.54) is 18.4 Å². The van der Waals surface area contributed by atoms with Crippen LogP contribution < -0.4 is 15.4 Å². The molecule has 0 saturated carbocycles. The Hall–Kier alpha value is -1.75. The molecule has 0 aromatic heterocycles. The number of hydrogen-bond acceptors (Lipinski definition) is 3. The van der Waals surface area contributed by atoms with Crippen molar-refractivity contribution in [3.8, 4) is 5.75 Å². The molecule has 2 N–H and O–H groups in total. The van der Waals surface area contributed by atoms with Crippen LogP contribution in [0.2, 0.25) is 0 Å². The van der Waals surface area contributed by atoms with Crippen molar-refractivity contribution in [2.45, 2.75) is 39.7 Å². The number of likely N-dealkylation sites (tertiary alicyclic amines) is 1. The van der Waals surface area contributed by atoms with Gasteiger partial charge in [0, 0.05) is 12.6 Å². The van der Waals surface area contributed by atoms with E-state index < -0.39 is 0 Å². The highest BCUT2D eigenvalue weighted by molar-refractivity contribution is 5.73. The maximum atomic E-state index is 11.9. The molecule has 1 heterocycles. The Kier molecular flexibility index (Phi) is 7.37. The predicted molar refractivity (Wildman–Crippen MR) is 97.5 cm³/mol. The number of aryl methyl sites for hydroxylation is 1. The fourth-order valence-corrected chi connectivity index (χ4v) is 2.94. The fraction of sp³-hybridized carbons (Fsp3) is 0.632. The number of rotatable bonds is 7. The number of nitrogens with one attached hydrogen (secondary N) is 2. The lowest BCUT2D eigenvalue weighted by atomic mass is 9.98. The molecule has 0 radical (unpaired) electrons. The average molecular weight is 333 g/mol. The van der Waals surface area contributed by atoms with Crippen molar-refractivity contribution in [3.63, 3.8) is 0 Å². The zero-order valence-corrected chi connectivity index (χ0v) is 15.2. The first-order chi connectivity index (χ1) is 11.5. The molecule has 2 amide bonds. The monoisotopic (exact) mass is 333 g/mol. The Labute approximate surface area is 145 Å². The molecule has 1 aliphatic heterocycles. The van der Waals surface area contributed by atoms with Crippen molar-refractivity contribution in [2.75, 3.05) is 32.8 Å². The number of carbonyl (C=O) groups is 1. The van der Waals surface area contributed by atoms with Gasteiger partial charge in [-0.3, -0.25) is 4.90 Å². The summed E-state index contributed by atoms with van der Waals surface area (Å²) in [5, 5.41) is 5.79. The molecule has 0 bridgehead atoms. The molecule has 1 aromatic rings. The lowest BCUT2D eigenvalue weighted by molar-refractivity contribution is 0.145. The second-order valence-corrected chi connectivity index (χ2v) is 6.87. The predicted octanol–water partition coefficient (Wildman–Crippen LogP) is 2.79. The van der Waals surface area contributed by atoms with Crippen LogP contribution in [0.4, 0.5) is 4.79 Å². The minimum Gasteiger partial charge on any atom is -0.492 e. The van der Waals surface area contributed by atoms with Crippen LogP contribution in [0.25, 0.3) is 0 Å². The molecule has 24 heavy (non-hydrogen) atoms. The summed E-state index contributed by atoms with van der Waals surface area (Å²) in [4.78, 5) is 14.3. The van der Waals surface area contributed by atoms with Crippen molar-refractivity contribution in [1.29, 1.82) is 0 Å². The van der Waals surface area contributed by atoms with Gasteiger partial charge in [0.15, 0.2) is 0 Å². The molecule has 1 aliphatic rings. The third-order valence-corrected chi connectivity index (χ3v) is 4.65. The third kappa shape index (κ3) is 6.40. The summed E-state index contributed by atoms with van der Waals surface area (Å²) in [6, 6.07) is 8.16. The van der Waals surface area contributed by atoms with Gasteiger partial charge in [-0.05, 0) is 63.4 Å². The average Bonchev–Trinajstić information content (AvgIpc) is 2.57. The summed E-state index contributed by atoms with van der Waals surface area (Å²) in [5.41, 5.74) is 1.17. The van der Waals surface area contributed by atoms with Gasteiger partial charge in [0.05, 0.1) is 6.54 Å². The zero-order valence-electron chi connectivity index (χ0n) is 15.2. The number of hydrogen-bond donors (Lipinski definition) is 2. The summed E-state index contributed by atoms with van der Waals surface area (Å²) in [6.45, 7) is 10.4. The Morgan fingerprint density at radius 3 is 2.79 bits per heavy atom. The molecule has 1 unspecified atom stereocenters. The lowest BCUT2D eigenvalue weighted by Gasteiger charge is -2.34. The van der Waals surface area contributed by atoms with Crippen molar-refractivity contribution in [1.82, 2.24) is 15.5 Å². The summed E-state index contributed by atoms with van der Waals surface area (Å²) in [7, 11) is 0. The smallest absolute Gasteiger partial charge is 0.314 e. The molecule has 0 aliphatic carbocycles. The molecule has 1 fully saturated rings. The highest BCUT2D eigenvalue weighted by Crippen LogP contribution is 2.17. The first kappa shape index (κ1) is 18.6. The van der Waals surface area contributed by atoms with E-state index in [4.69, 9.17) is 4.74 Å². The van der Waals surface area contributed by atoms with Crippen LogP contribution >= 0.6 is 0 Å². The number of piperidine rings is 1. The highest BCUT2D eigenvalue weighted by Gasteiger charge is 2.20. The lowest BCUT2D eigenvalue weighted by Crippen LogP contribution is -2.47. The number of nitrogens with zero attached hydrogens (tertiary/aromatic N) is 1. The van der Waals surface area contributed by atoms with Gasteiger partial charge in [-0.25, -0.2) is 4.79 Å². The van der Waals surface area contributed by atoms with Crippen molar-refractivity contribution in [3.05, 3.63) is 29.8 Å². The second kappa shape index (κ2) is 9.52. The van der Waals surface area contributed by atoms with E-state index in [1.807, 2.05) is 31.2 Å². The van der Waals surface area contributed by atoms with Crippen LogP contribution in [0, 0.1) is 12.8 Å². The van der Waals surface area contributed by atoms with Gasteiger partial charge in [-0.2, -0.15) is 0 Å². The van der Waals surface area contributed by atoms with Gasteiger partial charge in [0.2, 0.25) is 0 Å². The Balaban J connectivity index is 1.56. The number of urea groups is 1. The summed E-state index contributed by atoms with van der Waals surface area (Å²) in [6.07, 6.45) is 2.51. The van der Waals surface area contributed by atoms with Gasteiger partial charge < -0.3 is 15.4 Å². The van der Waals surface area contributed by atoms with E-state index in [1.54, 1.807) is 0 Å². The molecule has 2 rings (SSSR count). The van der Waals surface area contributed by atoms with Crippen LogP contribution in [0.1, 0.15) is 32.3 Å². The van der Waals surface area contributed by atoms with Gasteiger partial charge in [0.1, 0.15) is 12.4 Å². The van der Waals surface area contributed by atoms with E-state index in [0.29, 0.717) is 25.7 Å². The van der Waals surface area contributed by atoms with Crippen LogP contribution in [-0.2, 0) is 0 Å². The summed E-state index contributed by atoms with van der Waals surface area (Å²) >= 11 is 0. The quantitative estimate of drug-likeness (QED) is 0.755. The highest BCUT2D eigenvalue weighted by atomic mass is 16.5. The Bertz CT molecular complexity index is 513. The zero-order chi connectivity index (χ0) is 17.4. The molecule has 1 aromatic carbocycles. The first-order valence-corrected chi connectivity index (χ1v) is 9.00. The summed E-state index contributed by atoms with van der Waals surface area (Å²) < 4.78 is 5.62. The van der Waals surface area contributed by atoms with E-state index in [2.05, 4.69) is 29.4 Å². The minimum atomic E-state index is -0.125. The molecule has 1 saturated heterocycles. The van der Waals surface area contributed by atoms with E-state index in [-0.39, 0.29) is 6.03 Å². The molecular formula is C19H31N3O2. The molecule has 1 atom stereocenters. The van der Waals surface area contributed by atoms with E-state index in [0.717, 1.165) is 24.8 Å².